The van der Waals surface area contributed by atoms with E-state index >= 15 is 0 Å². The van der Waals surface area contributed by atoms with Crippen LogP contribution in [-0.4, -0.2) is 29.4 Å². The Kier molecular flexibility index (Phi) is 9.67. The molecule has 1 heterocycles. The van der Waals surface area contributed by atoms with Gasteiger partial charge in [0, 0.05) is 6.42 Å². The normalized spacial score (nSPS) is 20.7. The SMILES string of the molecule is CCCCCCCCCC[C@@H]1OC(=O)O[C@H]1CCCC(=O)O. The van der Waals surface area contributed by atoms with E-state index in [1.807, 2.05) is 0 Å². The number of cyclic esters (lactones) is 2. The first kappa shape index (κ1) is 18.8. The molecule has 1 aliphatic heterocycles. The first-order valence-electron chi connectivity index (χ1n) is 8.72. The number of hydrogen-bond donors (Lipinski definition) is 1. The summed E-state index contributed by atoms with van der Waals surface area (Å²) in [6, 6.07) is 0. The maximum absolute atomic E-state index is 11.2. The van der Waals surface area contributed by atoms with Crippen LogP contribution in [0.2, 0.25) is 0 Å². The number of unbranched alkanes of at least 4 members (excludes halogenated alkanes) is 7. The number of aliphatic carboxylic acids is 1. The van der Waals surface area contributed by atoms with Gasteiger partial charge in [-0.15, -0.1) is 0 Å². The first-order chi connectivity index (χ1) is 10.6. The molecular formula is C17H30O5. The second-order valence-corrected chi connectivity index (χ2v) is 6.11. The van der Waals surface area contributed by atoms with E-state index < -0.39 is 12.1 Å². The second kappa shape index (κ2) is 11.3. The Morgan fingerprint density at radius 2 is 1.41 bits per heavy atom. The van der Waals surface area contributed by atoms with E-state index in [4.69, 9.17) is 14.6 Å². The number of carbonyl (C=O) groups excluding carboxylic acids is 1. The van der Waals surface area contributed by atoms with E-state index in [0.717, 1.165) is 19.3 Å². The molecule has 0 unspecified atom stereocenters. The van der Waals surface area contributed by atoms with Crippen LogP contribution in [0.3, 0.4) is 0 Å². The number of rotatable bonds is 13. The lowest BCUT2D eigenvalue weighted by Gasteiger charge is -2.14. The van der Waals surface area contributed by atoms with Gasteiger partial charge in [-0.3, -0.25) is 4.79 Å². The Morgan fingerprint density at radius 1 is 0.909 bits per heavy atom. The van der Waals surface area contributed by atoms with Crippen LogP contribution in [0.4, 0.5) is 4.79 Å². The Bertz CT molecular complexity index is 329. The van der Waals surface area contributed by atoms with Crippen molar-refractivity contribution in [3.8, 4) is 0 Å². The van der Waals surface area contributed by atoms with Gasteiger partial charge in [0.2, 0.25) is 0 Å². The molecule has 0 aromatic carbocycles. The van der Waals surface area contributed by atoms with E-state index in [2.05, 4.69) is 6.92 Å². The van der Waals surface area contributed by atoms with Crippen LogP contribution in [0, 0.1) is 0 Å². The van der Waals surface area contributed by atoms with E-state index in [9.17, 15) is 9.59 Å². The van der Waals surface area contributed by atoms with Gasteiger partial charge in [-0.2, -0.15) is 0 Å². The summed E-state index contributed by atoms with van der Waals surface area (Å²) in [6.45, 7) is 2.22. The largest absolute Gasteiger partial charge is 0.509 e. The Labute approximate surface area is 133 Å². The van der Waals surface area contributed by atoms with Crippen LogP contribution in [0.25, 0.3) is 0 Å². The summed E-state index contributed by atoms with van der Waals surface area (Å²) < 4.78 is 10.3. The van der Waals surface area contributed by atoms with Crippen molar-refractivity contribution in [2.45, 2.75) is 96.2 Å². The third kappa shape index (κ3) is 8.25. The fourth-order valence-electron chi connectivity index (χ4n) is 2.85. The number of carboxylic acids is 1. The minimum absolute atomic E-state index is 0.110. The molecule has 1 rings (SSSR count). The summed E-state index contributed by atoms with van der Waals surface area (Å²) in [5.74, 6) is -0.815. The van der Waals surface area contributed by atoms with Gasteiger partial charge in [0.1, 0.15) is 12.2 Å². The van der Waals surface area contributed by atoms with Crippen molar-refractivity contribution >= 4 is 12.1 Å². The third-order valence-corrected chi connectivity index (χ3v) is 4.13. The Balaban J connectivity index is 2.09. The van der Waals surface area contributed by atoms with Crippen LogP contribution in [0.15, 0.2) is 0 Å². The van der Waals surface area contributed by atoms with Crippen molar-refractivity contribution in [2.24, 2.45) is 0 Å². The summed E-state index contributed by atoms with van der Waals surface area (Å²) >= 11 is 0. The fourth-order valence-corrected chi connectivity index (χ4v) is 2.85. The van der Waals surface area contributed by atoms with E-state index in [1.54, 1.807) is 0 Å². The lowest BCUT2D eigenvalue weighted by atomic mass is 10.0. The van der Waals surface area contributed by atoms with Crippen LogP contribution in [0.5, 0.6) is 0 Å². The molecule has 0 saturated carbocycles. The zero-order chi connectivity index (χ0) is 16.2. The lowest BCUT2D eigenvalue weighted by Crippen LogP contribution is -2.22. The second-order valence-electron chi connectivity index (χ2n) is 6.11. The molecular weight excluding hydrogens is 284 g/mol. The van der Waals surface area contributed by atoms with Gasteiger partial charge in [-0.1, -0.05) is 51.9 Å². The summed E-state index contributed by atoms with van der Waals surface area (Å²) in [4.78, 5) is 21.8. The average molecular weight is 314 g/mol. The topological polar surface area (TPSA) is 72.8 Å². The van der Waals surface area contributed by atoms with Crippen LogP contribution >= 0.6 is 0 Å². The average Bonchev–Trinajstić information content (AvgIpc) is 2.81. The molecule has 1 fully saturated rings. The van der Waals surface area contributed by atoms with Gasteiger partial charge in [0.25, 0.3) is 0 Å². The standard InChI is InChI=1S/C17H30O5/c1-2-3-4-5-6-7-8-9-11-14-15(22-17(20)21-14)12-10-13-16(18)19/h14-15H,2-13H2,1H3,(H,18,19)/t14-,15-/m0/s1. The van der Waals surface area contributed by atoms with Gasteiger partial charge in [0.05, 0.1) is 0 Å². The molecule has 128 valence electrons. The van der Waals surface area contributed by atoms with Crippen molar-refractivity contribution in [2.75, 3.05) is 0 Å². The summed E-state index contributed by atoms with van der Waals surface area (Å²) in [7, 11) is 0. The van der Waals surface area contributed by atoms with Gasteiger partial charge >= 0.3 is 12.1 Å². The van der Waals surface area contributed by atoms with E-state index in [1.165, 1.54) is 38.5 Å². The van der Waals surface area contributed by atoms with Crippen LogP contribution in [0.1, 0.15) is 84.0 Å². The Hall–Kier alpha value is -1.26. The molecule has 0 radical (unpaired) electrons. The van der Waals surface area contributed by atoms with Gasteiger partial charge < -0.3 is 14.6 Å². The molecule has 2 atom stereocenters. The summed E-state index contributed by atoms with van der Waals surface area (Å²) in [5.41, 5.74) is 0. The van der Waals surface area contributed by atoms with E-state index in [0.29, 0.717) is 12.8 Å². The molecule has 1 saturated heterocycles. The van der Waals surface area contributed by atoms with Gasteiger partial charge in [0.15, 0.2) is 0 Å². The molecule has 0 spiro atoms. The predicted octanol–water partition coefficient (Wildman–Crippen LogP) is 4.68. The summed E-state index contributed by atoms with van der Waals surface area (Å²) in [6.07, 6.45) is 10.9. The van der Waals surface area contributed by atoms with Crippen molar-refractivity contribution in [3.63, 3.8) is 0 Å². The maximum Gasteiger partial charge on any atom is 0.509 e. The molecule has 1 aliphatic rings. The minimum atomic E-state index is -0.815. The fraction of sp³-hybridized carbons (Fsp3) is 0.882. The molecule has 0 bridgehead atoms. The monoisotopic (exact) mass is 314 g/mol. The van der Waals surface area contributed by atoms with Crippen molar-refractivity contribution < 1.29 is 24.2 Å². The molecule has 5 heteroatoms. The number of hydrogen-bond acceptors (Lipinski definition) is 4. The van der Waals surface area contributed by atoms with Crippen molar-refractivity contribution in [1.29, 1.82) is 0 Å². The number of carboxylic acid groups (broad SMARTS) is 1. The predicted molar refractivity (Wildman–Crippen MR) is 83.9 cm³/mol. The molecule has 0 aromatic heterocycles. The quantitative estimate of drug-likeness (QED) is 0.395. The highest BCUT2D eigenvalue weighted by molar-refractivity contribution is 5.66. The van der Waals surface area contributed by atoms with Gasteiger partial charge in [-0.25, -0.2) is 4.79 Å². The molecule has 22 heavy (non-hydrogen) atoms. The zero-order valence-electron chi connectivity index (χ0n) is 13.7. The van der Waals surface area contributed by atoms with Crippen LogP contribution in [-0.2, 0) is 14.3 Å². The highest BCUT2D eigenvalue weighted by Crippen LogP contribution is 2.24. The smallest absolute Gasteiger partial charge is 0.481 e. The van der Waals surface area contributed by atoms with Crippen molar-refractivity contribution in [1.82, 2.24) is 0 Å². The van der Waals surface area contributed by atoms with Gasteiger partial charge in [-0.05, 0) is 25.7 Å². The molecule has 1 N–H and O–H groups in total. The number of carbonyl (C=O) groups is 2. The molecule has 0 aromatic rings. The van der Waals surface area contributed by atoms with Crippen LogP contribution < -0.4 is 0 Å². The minimum Gasteiger partial charge on any atom is -0.481 e. The maximum atomic E-state index is 11.2. The molecule has 5 nitrogen and oxygen atoms in total. The zero-order valence-corrected chi connectivity index (χ0v) is 13.7. The summed E-state index contributed by atoms with van der Waals surface area (Å²) in [5, 5.41) is 8.64. The Morgan fingerprint density at radius 3 is 1.95 bits per heavy atom. The highest BCUT2D eigenvalue weighted by Gasteiger charge is 2.35. The highest BCUT2D eigenvalue weighted by atomic mass is 16.8. The van der Waals surface area contributed by atoms with E-state index in [-0.39, 0.29) is 18.6 Å². The lowest BCUT2D eigenvalue weighted by molar-refractivity contribution is -0.137. The molecule has 0 amide bonds. The third-order valence-electron chi connectivity index (χ3n) is 4.13. The number of ether oxygens (including phenoxy) is 2. The molecule has 0 aliphatic carbocycles. The van der Waals surface area contributed by atoms with Crippen molar-refractivity contribution in [3.05, 3.63) is 0 Å². The first-order valence-corrected chi connectivity index (χ1v) is 8.72.